The molecule has 0 saturated heterocycles. The summed E-state index contributed by atoms with van der Waals surface area (Å²) < 4.78 is 11.3. The highest BCUT2D eigenvalue weighted by molar-refractivity contribution is 8.14. The Kier molecular flexibility index (Phi) is 4.03. The van der Waals surface area contributed by atoms with Crippen LogP contribution in [0, 0.1) is 0 Å². The van der Waals surface area contributed by atoms with E-state index in [1.54, 1.807) is 30.5 Å². The van der Waals surface area contributed by atoms with E-state index in [1.807, 2.05) is 0 Å². The van der Waals surface area contributed by atoms with Crippen LogP contribution in [0.25, 0.3) is 0 Å². The molecule has 1 aromatic carbocycles. The second kappa shape index (κ2) is 5.52. The molecule has 0 saturated carbocycles. The number of hydroxylamine groups is 1. The average molecular weight is 271 g/mol. The van der Waals surface area contributed by atoms with Crippen molar-refractivity contribution in [2.24, 2.45) is 4.99 Å². The van der Waals surface area contributed by atoms with Gasteiger partial charge in [0, 0.05) is 27.7 Å². The van der Waals surface area contributed by atoms with Crippen LogP contribution in [0.4, 0.5) is 5.69 Å². The number of thioether (sulfide) groups is 1. The van der Waals surface area contributed by atoms with Gasteiger partial charge in [-0.15, -0.1) is 5.17 Å². The first-order valence-corrected chi connectivity index (χ1v) is 7.57. The first-order valence-electron chi connectivity index (χ1n) is 5.03. The van der Waals surface area contributed by atoms with E-state index in [9.17, 15) is 9.42 Å². The molecule has 1 unspecified atom stereocenters. The smallest absolute Gasteiger partial charge is 0.206 e. The number of hydrogen-bond donors (Lipinski definition) is 2. The summed E-state index contributed by atoms with van der Waals surface area (Å²) in [5.41, 5.74) is 3.46. The van der Waals surface area contributed by atoms with Crippen LogP contribution in [-0.2, 0) is 10.8 Å². The van der Waals surface area contributed by atoms with Gasteiger partial charge in [-0.3, -0.25) is 19.8 Å². The Hall–Kier alpha value is -1.05. The Morgan fingerprint density at radius 3 is 3.06 bits per heavy atom. The number of hydrazine groups is 1. The molecule has 0 amide bonds. The summed E-state index contributed by atoms with van der Waals surface area (Å²) in [5, 5.41) is 11.2. The molecule has 92 valence electrons. The van der Waals surface area contributed by atoms with Crippen LogP contribution in [-0.4, -0.2) is 38.3 Å². The number of aliphatic imine (C=N–C) groups is 1. The minimum Gasteiger partial charge on any atom is -0.273 e. The van der Waals surface area contributed by atoms with Gasteiger partial charge in [0.05, 0.1) is 12.2 Å². The van der Waals surface area contributed by atoms with E-state index in [1.165, 1.54) is 11.8 Å². The van der Waals surface area contributed by atoms with Crippen LogP contribution in [0.15, 0.2) is 34.2 Å². The molecule has 1 heterocycles. The van der Waals surface area contributed by atoms with Crippen LogP contribution in [0.2, 0.25) is 0 Å². The first-order chi connectivity index (χ1) is 8.16. The third-order valence-corrected chi connectivity index (χ3v) is 4.02. The van der Waals surface area contributed by atoms with E-state index in [0.717, 1.165) is 17.5 Å². The van der Waals surface area contributed by atoms with Crippen molar-refractivity contribution in [2.45, 2.75) is 4.90 Å². The fourth-order valence-corrected chi connectivity index (χ4v) is 2.65. The minimum absolute atomic E-state index is 0.549. The molecule has 2 N–H and O–H groups in total. The predicted octanol–water partition coefficient (Wildman–Crippen LogP) is 1.54. The number of benzene rings is 1. The molecular weight excluding hydrogens is 258 g/mol. The number of anilines is 1. The van der Waals surface area contributed by atoms with Gasteiger partial charge in [-0.1, -0.05) is 17.8 Å². The largest absolute Gasteiger partial charge is 0.273 e. The molecule has 0 fully saturated rings. The van der Waals surface area contributed by atoms with Crippen molar-refractivity contribution < 1.29 is 9.42 Å². The Bertz CT molecular complexity index is 465. The summed E-state index contributed by atoms with van der Waals surface area (Å²) in [5.74, 6) is 0.882. The molecule has 7 heteroatoms. The topological polar surface area (TPSA) is 64.9 Å². The van der Waals surface area contributed by atoms with E-state index >= 15 is 0 Å². The third kappa shape index (κ3) is 3.21. The van der Waals surface area contributed by atoms with Gasteiger partial charge in [0.2, 0.25) is 5.17 Å². The van der Waals surface area contributed by atoms with Gasteiger partial charge in [-0.2, -0.15) is 0 Å². The van der Waals surface area contributed by atoms with E-state index in [4.69, 9.17) is 0 Å². The number of rotatable bonds is 3. The Labute approximate surface area is 106 Å². The lowest BCUT2D eigenvalue weighted by molar-refractivity contribution is 0.0162. The fraction of sp³-hybridized carbons (Fsp3) is 0.300. The lowest BCUT2D eigenvalue weighted by atomic mass is 10.3. The lowest BCUT2D eigenvalue weighted by Crippen LogP contribution is -2.30. The zero-order chi connectivity index (χ0) is 12.3. The van der Waals surface area contributed by atoms with Gasteiger partial charge >= 0.3 is 0 Å². The molecule has 17 heavy (non-hydrogen) atoms. The maximum atomic E-state index is 11.3. The van der Waals surface area contributed by atoms with E-state index in [0.29, 0.717) is 15.8 Å². The molecule has 0 radical (unpaired) electrons. The highest BCUT2D eigenvalue weighted by Crippen LogP contribution is 2.17. The first kappa shape index (κ1) is 12.4. The van der Waals surface area contributed by atoms with Gasteiger partial charge in [-0.25, -0.2) is 0 Å². The molecule has 2 rings (SSSR count). The second-order valence-corrected chi connectivity index (χ2v) is 5.86. The van der Waals surface area contributed by atoms with Crippen LogP contribution in [0.3, 0.4) is 0 Å². The summed E-state index contributed by atoms with van der Waals surface area (Å²) in [4.78, 5) is 4.83. The Balaban J connectivity index is 2.07. The Morgan fingerprint density at radius 2 is 2.41 bits per heavy atom. The summed E-state index contributed by atoms with van der Waals surface area (Å²) in [6.07, 6.45) is 1.62. The van der Waals surface area contributed by atoms with Gasteiger partial charge < -0.3 is 0 Å². The Morgan fingerprint density at radius 1 is 1.59 bits per heavy atom. The van der Waals surface area contributed by atoms with Crippen LogP contribution in [0.5, 0.6) is 0 Å². The summed E-state index contributed by atoms with van der Waals surface area (Å²) in [6, 6.07) is 7.10. The monoisotopic (exact) mass is 271 g/mol. The predicted molar refractivity (Wildman–Crippen MR) is 70.8 cm³/mol. The normalized spacial score (nSPS) is 16.5. The van der Waals surface area contributed by atoms with E-state index in [-0.39, 0.29) is 0 Å². The molecule has 1 aliphatic heterocycles. The fourth-order valence-electron chi connectivity index (χ4n) is 1.37. The van der Waals surface area contributed by atoms with Crippen molar-refractivity contribution in [1.29, 1.82) is 0 Å². The molecule has 0 aromatic heterocycles. The van der Waals surface area contributed by atoms with Gasteiger partial charge in [0.15, 0.2) is 0 Å². The maximum Gasteiger partial charge on any atom is 0.206 e. The van der Waals surface area contributed by atoms with E-state index < -0.39 is 10.8 Å². The molecule has 0 aliphatic carbocycles. The van der Waals surface area contributed by atoms with Crippen LogP contribution < -0.4 is 5.43 Å². The molecule has 0 bridgehead atoms. The molecule has 5 nitrogen and oxygen atoms in total. The van der Waals surface area contributed by atoms with Crippen LogP contribution in [0.1, 0.15) is 0 Å². The maximum absolute atomic E-state index is 11.3. The number of nitrogens with one attached hydrogen (secondary N) is 1. The molecule has 1 atom stereocenters. The zero-order valence-corrected chi connectivity index (χ0v) is 10.9. The molecule has 0 spiro atoms. The van der Waals surface area contributed by atoms with E-state index in [2.05, 4.69) is 10.4 Å². The van der Waals surface area contributed by atoms with Gasteiger partial charge in [-0.05, 0) is 18.2 Å². The SMILES string of the molecule is CS(=O)c1cccc(NN(O)C2=NCCS2)c1. The summed E-state index contributed by atoms with van der Waals surface area (Å²) in [6.45, 7) is 0.720. The van der Waals surface area contributed by atoms with Gasteiger partial charge in [0.25, 0.3) is 0 Å². The van der Waals surface area contributed by atoms with Crippen molar-refractivity contribution >= 4 is 33.4 Å². The quantitative estimate of drug-likeness (QED) is 0.817. The summed E-state index contributed by atoms with van der Waals surface area (Å²) in [7, 11) is -1.03. The molecular formula is C10H13N3O2S2. The highest BCUT2D eigenvalue weighted by atomic mass is 32.2. The average Bonchev–Trinajstić information content (AvgIpc) is 2.82. The number of hydrogen-bond acceptors (Lipinski definition) is 6. The van der Waals surface area contributed by atoms with Crippen LogP contribution >= 0.6 is 11.8 Å². The molecule has 1 aliphatic rings. The highest BCUT2D eigenvalue weighted by Gasteiger charge is 2.14. The summed E-state index contributed by atoms with van der Waals surface area (Å²) >= 11 is 1.48. The lowest BCUT2D eigenvalue weighted by Gasteiger charge is -2.17. The van der Waals surface area contributed by atoms with Crippen molar-refractivity contribution in [1.82, 2.24) is 5.17 Å². The minimum atomic E-state index is -1.03. The van der Waals surface area contributed by atoms with Crippen molar-refractivity contribution in [3.63, 3.8) is 0 Å². The van der Waals surface area contributed by atoms with Crippen molar-refractivity contribution in [3.05, 3.63) is 24.3 Å². The van der Waals surface area contributed by atoms with Crippen molar-refractivity contribution in [2.75, 3.05) is 24.0 Å². The standard InChI is InChI=1S/C10H13N3O2S2/c1-17(15)9-4-2-3-8(7-9)12-13(14)10-11-5-6-16-10/h2-4,7,12,14H,5-6H2,1H3. The third-order valence-electron chi connectivity index (χ3n) is 2.15. The van der Waals surface area contributed by atoms with Crippen molar-refractivity contribution in [3.8, 4) is 0 Å². The van der Waals surface area contributed by atoms with Gasteiger partial charge in [0.1, 0.15) is 0 Å². The zero-order valence-electron chi connectivity index (χ0n) is 9.29. The number of amidine groups is 1. The molecule has 1 aromatic rings. The second-order valence-electron chi connectivity index (χ2n) is 3.42. The number of nitrogens with zero attached hydrogens (tertiary/aromatic N) is 2.